The molecule has 6 aromatic rings. The van der Waals surface area contributed by atoms with Crippen LogP contribution in [0, 0.1) is 0 Å². The number of aromatic amines is 1. The first kappa shape index (κ1) is 23.6. The highest BCUT2D eigenvalue weighted by atomic mass is 32.1. The highest BCUT2D eigenvalue weighted by Gasteiger charge is 2.22. The Kier molecular flexibility index (Phi) is 6.37. The Morgan fingerprint density at radius 1 is 0.921 bits per heavy atom. The number of ether oxygens (including phenoxy) is 2. The Morgan fingerprint density at radius 2 is 1.71 bits per heavy atom. The summed E-state index contributed by atoms with van der Waals surface area (Å²) < 4.78 is 17.9. The zero-order valence-electron chi connectivity index (χ0n) is 20.2. The first-order valence-electron chi connectivity index (χ1n) is 11.8. The van der Waals surface area contributed by atoms with Crippen molar-refractivity contribution in [1.82, 2.24) is 25.1 Å². The number of H-pyrrole nitrogens is 1. The molecule has 0 aliphatic carbocycles. The number of thiazole rings is 1. The maximum Gasteiger partial charge on any atom is 0.297 e. The average Bonchev–Trinajstić information content (AvgIpc) is 3.59. The van der Waals surface area contributed by atoms with Crippen LogP contribution in [0.25, 0.3) is 32.9 Å². The first-order valence-corrected chi connectivity index (χ1v) is 12.6. The minimum absolute atomic E-state index is 0.0113. The van der Waals surface area contributed by atoms with E-state index in [4.69, 9.17) is 18.9 Å². The van der Waals surface area contributed by atoms with E-state index in [-0.39, 0.29) is 30.0 Å². The van der Waals surface area contributed by atoms with Crippen LogP contribution < -0.4 is 15.0 Å². The third kappa shape index (κ3) is 4.89. The van der Waals surface area contributed by atoms with E-state index in [0.717, 1.165) is 31.9 Å². The molecule has 0 aliphatic rings. The van der Waals surface area contributed by atoms with Gasteiger partial charge in [0, 0.05) is 0 Å². The van der Waals surface area contributed by atoms with Gasteiger partial charge in [-0.15, -0.1) is 21.5 Å². The summed E-state index contributed by atoms with van der Waals surface area (Å²) in [6.45, 7) is 0.169. The molecule has 0 fully saturated rings. The van der Waals surface area contributed by atoms with Crippen molar-refractivity contribution in [3.63, 3.8) is 0 Å². The van der Waals surface area contributed by atoms with Crippen molar-refractivity contribution in [2.75, 3.05) is 7.11 Å². The normalized spacial score (nSPS) is 11.1. The van der Waals surface area contributed by atoms with Gasteiger partial charge in [0.05, 0.1) is 23.7 Å². The zero-order chi connectivity index (χ0) is 25.9. The van der Waals surface area contributed by atoms with Gasteiger partial charge >= 0.3 is 0 Å². The summed E-state index contributed by atoms with van der Waals surface area (Å²) in [5.74, 6) is 0.371. The lowest BCUT2D eigenvalue weighted by Gasteiger charge is -2.09. The van der Waals surface area contributed by atoms with Crippen molar-refractivity contribution >= 4 is 21.6 Å². The van der Waals surface area contributed by atoms with E-state index in [9.17, 15) is 4.79 Å². The smallest absolute Gasteiger partial charge is 0.297 e. The molecule has 9 nitrogen and oxygen atoms in total. The predicted molar refractivity (Wildman–Crippen MR) is 143 cm³/mol. The molecule has 6 rings (SSSR count). The van der Waals surface area contributed by atoms with E-state index in [1.54, 1.807) is 11.3 Å². The van der Waals surface area contributed by atoms with Gasteiger partial charge in [0.1, 0.15) is 11.6 Å². The molecule has 0 atom stereocenters. The predicted octanol–water partition coefficient (Wildman–Crippen LogP) is 5.28. The Labute approximate surface area is 220 Å². The van der Waals surface area contributed by atoms with Crippen molar-refractivity contribution < 1.29 is 13.9 Å². The maximum atomic E-state index is 12.7. The molecule has 0 unspecified atom stereocenters. The lowest BCUT2D eigenvalue weighted by Crippen LogP contribution is -2.15. The molecule has 10 heteroatoms. The fourth-order valence-electron chi connectivity index (χ4n) is 3.96. The number of rotatable bonds is 8. The molecule has 1 N–H and O–H groups in total. The number of fused-ring (bicyclic) bond motifs is 1. The molecule has 3 heterocycles. The third-order valence-electron chi connectivity index (χ3n) is 5.79. The number of benzene rings is 3. The van der Waals surface area contributed by atoms with Crippen LogP contribution in [0.4, 0.5) is 0 Å². The molecule has 0 aliphatic heterocycles. The maximum absolute atomic E-state index is 12.7. The second kappa shape index (κ2) is 10.3. The Hall–Kier alpha value is -4.83. The number of hydrogen-bond acceptors (Lipinski definition) is 9. The van der Waals surface area contributed by atoms with Crippen LogP contribution >= 0.6 is 11.3 Å². The van der Waals surface area contributed by atoms with Gasteiger partial charge in [-0.25, -0.2) is 4.98 Å². The summed E-state index contributed by atoms with van der Waals surface area (Å²) in [5, 5.41) is 9.13. The number of methoxy groups -OCH3 is 1. The van der Waals surface area contributed by atoms with Crippen molar-refractivity contribution in [2.24, 2.45) is 0 Å². The second-order valence-electron chi connectivity index (χ2n) is 8.36. The molecule has 38 heavy (non-hydrogen) atoms. The van der Waals surface area contributed by atoms with Gasteiger partial charge in [-0.05, 0) is 28.8 Å². The van der Waals surface area contributed by atoms with Gasteiger partial charge in [-0.3, -0.25) is 9.78 Å². The van der Waals surface area contributed by atoms with Gasteiger partial charge in [0.25, 0.3) is 17.5 Å². The summed E-state index contributed by atoms with van der Waals surface area (Å²) in [5.41, 5.74) is 3.68. The van der Waals surface area contributed by atoms with Crippen LogP contribution in [-0.2, 0) is 13.0 Å². The molecular formula is C28H21N5O4S. The number of aromatic nitrogens is 5. The summed E-state index contributed by atoms with van der Waals surface area (Å²) >= 11 is 1.57. The van der Waals surface area contributed by atoms with E-state index in [1.165, 1.54) is 7.11 Å². The van der Waals surface area contributed by atoms with Crippen LogP contribution in [0.15, 0.2) is 88.1 Å². The molecule has 0 amide bonds. The number of hydrogen-bond donors (Lipinski definition) is 1. The molecule has 3 aromatic heterocycles. The third-order valence-corrected chi connectivity index (χ3v) is 6.80. The molecule has 0 bridgehead atoms. The van der Waals surface area contributed by atoms with Gasteiger partial charge in [-0.1, -0.05) is 66.7 Å². The highest BCUT2D eigenvalue weighted by Crippen LogP contribution is 2.30. The number of nitrogens with zero attached hydrogens (tertiary/aromatic N) is 4. The first-order chi connectivity index (χ1) is 18.7. The molecule has 3 aromatic carbocycles. The van der Waals surface area contributed by atoms with Crippen LogP contribution in [0.3, 0.4) is 0 Å². The van der Waals surface area contributed by atoms with Crippen LogP contribution in [0.5, 0.6) is 11.8 Å². The summed E-state index contributed by atoms with van der Waals surface area (Å²) in [6, 6.07) is 25.9. The molecule has 0 saturated carbocycles. The van der Waals surface area contributed by atoms with Crippen molar-refractivity contribution in [3.05, 3.63) is 106 Å². The van der Waals surface area contributed by atoms with Gasteiger partial charge in [0.15, 0.2) is 5.69 Å². The average molecular weight is 524 g/mol. The van der Waals surface area contributed by atoms with Gasteiger partial charge < -0.3 is 13.9 Å². The van der Waals surface area contributed by atoms with E-state index in [1.807, 2.05) is 54.6 Å². The molecule has 0 spiro atoms. The van der Waals surface area contributed by atoms with Crippen molar-refractivity contribution in [3.8, 4) is 34.5 Å². The van der Waals surface area contributed by atoms with E-state index in [2.05, 4.69) is 44.4 Å². The van der Waals surface area contributed by atoms with Crippen LogP contribution in [0.1, 0.15) is 16.5 Å². The SMILES string of the molecule is COc1nc(-c2nnc(Cc3nc4ccc(-c5ccccc5)cc4s3)o2)c(OCc2ccccc2)c(=O)[nH]1. The van der Waals surface area contributed by atoms with Gasteiger partial charge in [0.2, 0.25) is 11.6 Å². The van der Waals surface area contributed by atoms with E-state index >= 15 is 0 Å². The van der Waals surface area contributed by atoms with Crippen molar-refractivity contribution in [1.29, 1.82) is 0 Å². The lowest BCUT2D eigenvalue weighted by molar-refractivity contribution is 0.296. The zero-order valence-corrected chi connectivity index (χ0v) is 21.1. The Balaban J connectivity index is 1.27. The topological polar surface area (TPSA) is 116 Å². The largest absolute Gasteiger partial charge is 0.481 e. The standard InChI is InChI=1S/C28H21N5O4S/c1-35-28-30-24(25(26(34)31-28)36-16-17-8-4-2-5-9-17)27-33-32-22(37-27)15-23-29-20-13-12-19(14-21(20)38-23)18-10-6-3-7-11-18/h2-14H,15-16H2,1H3,(H,30,31,34). The molecule has 188 valence electrons. The van der Waals surface area contributed by atoms with Crippen LogP contribution in [-0.4, -0.2) is 32.3 Å². The van der Waals surface area contributed by atoms with E-state index in [0.29, 0.717) is 12.3 Å². The molecule has 0 radical (unpaired) electrons. The lowest BCUT2D eigenvalue weighted by atomic mass is 10.1. The summed E-state index contributed by atoms with van der Waals surface area (Å²) in [4.78, 5) is 24.3. The van der Waals surface area contributed by atoms with Gasteiger partial charge in [-0.2, -0.15) is 4.98 Å². The van der Waals surface area contributed by atoms with Crippen molar-refractivity contribution in [2.45, 2.75) is 13.0 Å². The van der Waals surface area contributed by atoms with E-state index < -0.39 is 5.56 Å². The fourth-order valence-corrected chi connectivity index (χ4v) is 4.95. The number of nitrogens with one attached hydrogen (secondary N) is 1. The minimum atomic E-state index is -0.511. The van der Waals surface area contributed by atoms with Crippen LogP contribution in [0.2, 0.25) is 0 Å². The fraction of sp³-hybridized carbons (Fsp3) is 0.107. The minimum Gasteiger partial charge on any atom is -0.481 e. The second-order valence-corrected chi connectivity index (χ2v) is 9.48. The Morgan fingerprint density at radius 3 is 2.50 bits per heavy atom. The summed E-state index contributed by atoms with van der Waals surface area (Å²) in [7, 11) is 1.40. The monoisotopic (exact) mass is 523 g/mol. The molecular weight excluding hydrogens is 502 g/mol. The quantitative estimate of drug-likeness (QED) is 0.287. The molecule has 0 saturated heterocycles. The highest BCUT2D eigenvalue weighted by molar-refractivity contribution is 7.18. The summed E-state index contributed by atoms with van der Waals surface area (Å²) in [6.07, 6.45) is 0.341. The Bertz CT molecular complexity index is 1760.